The summed E-state index contributed by atoms with van der Waals surface area (Å²) in [6.07, 6.45) is 6.53. The van der Waals surface area contributed by atoms with Crippen LogP contribution in [-0.2, 0) is 5.41 Å². The standard InChI is InChI=1S/C21H33ClN2O2/c1-20(2,3)13-21(4,5)16-11-15(12-17(22)18(16)25)24-19(26)23-14-9-7-6-8-10-14/h11-12,14,25H,6-10,13H2,1-5H3,(H2,23,24,26). The molecule has 0 aromatic heterocycles. The topological polar surface area (TPSA) is 61.4 Å². The Morgan fingerprint density at radius 3 is 2.35 bits per heavy atom. The molecular formula is C21H33ClN2O2. The maximum Gasteiger partial charge on any atom is 0.319 e. The lowest BCUT2D eigenvalue weighted by Gasteiger charge is -2.34. The van der Waals surface area contributed by atoms with Crippen LogP contribution in [0, 0.1) is 5.41 Å². The Morgan fingerprint density at radius 1 is 1.15 bits per heavy atom. The number of anilines is 1. The first kappa shape index (κ1) is 20.9. The second-order valence-corrected chi connectivity index (χ2v) is 9.82. The van der Waals surface area contributed by atoms with Gasteiger partial charge in [0.1, 0.15) is 5.75 Å². The quantitative estimate of drug-likeness (QED) is 0.543. The molecular weight excluding hydrogens is 348 g/mol. The largest absolute Gasteiger partial charge is 0.506 e. The number of amides is 2. The van der Waals surface area contributed by atoms with Crippen molar-refractivity contribution in [3.63, 3.8) is 0 Å². The first-order valence-corrected chi connectivity index (χ1v) is 9.96. The summed E-state index contributed by atoms with van der Waals surface area (Å²) in [6.45, 7) is 10.7. The third-order valence-electron chi connectivity index (χ3n) is 4.96. The van der Waals surface area contributed by atoms with Crippen molar-refractivity contribution in [2.24, 2.45) is 5.41 Å². The molecule has 26 heavy (non-hydrogen) atoms. The predicted octanol–water partition coefficient (Wildman–Crippen LogP) is 6.21. The van der Waals surface area contributed by atoms with Crippen molar-refractivity contribution < 1.29 is 9.90 Å². The number of hydrogen-bond acceptors (Lipinski definition) is 2. The van der Waals surface area contributed by atoms with Gasteiger partial charge in [0, 0.05) is 17.3 Å². The number of carbonyl (C=O) groups excluding carboxylic acids is 1. The van der Waals surface area contributed by atoms with Crippen molar-refractivity contribution in [3.05, 3.63) is 22.7 Å². The minimum Gasteiger partial charge on any atom is -0.506 e. The lowest BCUT2D eigenvalue weighted by molar-refractivity contribution is 0.244. The van der Waals surface area contributed by atoms with Crippen molar-refractivity contribution in [1.82, 2.24) is 5.32 Å². The number of urea groups is 1. The summed E-state index contributed by atoms with van der Waals surface area (Å²) in [5, 5.41) is 16.7. The summed E-state index contributed by atoms with van der Waals surface area (Å²) in [5.74, 6) is 0.0964. The third kappa shape index (κ3) is 5.80. The van der Waals surface area contributed by atoms with E-state index in [-0.39, 0.29) is 33.7 Å². The Morgan fingerprint density at radius 2 is 1.77 bits per heavy atom. The zero-order valence-electron chi connectivity index (χ0n) is 16.7. The number of rotatable bonds is 4. The molecule has 1 saturated carbocycles. The maximum absolute atomic E-state index is 12.3. The van der Waals surface area contributed by atoms with Crippen LogP contribution in [0.3, 0.4) is 0 Å². The smallest absolute Gasteiger partial charge is 0.319 e. The Hall–Kier alpha value is -1.42. The monoisotopic (exact) mass is 380 g/mol. The van der Waals surface area contributed by atoms with Gasteiger partial charge in [-0.05, 0) is 42.2 Å². The molecule has 1 aromatic carbocycles. The molecule has 0 heterocycles. The van der Waals surface area contributed by atoms with E-state index in [1.165, 1.54) is 19.3 Å². The molecule has 3 N–H and O–H groups in total. The molecule has 2 amide bonds. The Labute approximate surface area is 162 Å². The van der Waals surface area contributed by atoms with Gasteiger partial charge < -0.3 is 15.7 Å². The van der Waals surface area contributed by atoms with Crippen LogP contribution < -0.4 is 10.6 Å². The molecule has 0 unspecified atom stereocenters. The molecule has 1 fully saturated rings. The summed E-state index contributed by atoms with van der Waals surface area (Å²) in [7, 11) is 0. The van der Waals surface area contributed by atoms with Gasteiger partial charge in [-0.25, -0.2) is 4.79 Å². The van der Waals surface area contributed by atoms with Crippen LogP contribution in [0.1, 0.15) is 78.7 Å². The van der Waals surface area contributed by atoms with Gasteiger partial charge >= 0.3 is 6.03 Å². The van der Waals surface area contributed by atoms with Crippen molar-refractivity contribution in [2.75, 3.05) is 5.32 Å². The number of nitrogens with one attached hydrogen (secondary N) is 2. The number of aromatic hydroxyl groups is 1. The van der Waals surface area contributed by atoms with Crippen LogP contribution in [0.25, 0.3) is 0 Å². The van der Waals surface area contributed by atoms with Crippen LogP contribution in [0.4, 0.5) is 10.5 Å². The van der Waals surface area contributed by atoms with Gasteiger partial charge in [0.05, 0.1) is 5.02 Å². The fourth-order valence-electron chi connectivity index (χ4n) is 4.21. The molecule has 1 aliphatic carbocycles. The van der Waals surface area contributed by atoms with Gasteiger partial charge in [-0.15, -0.1) is 0 Å². The van der Waals surface area contributed by atoms with Gasteiger partial charge in [0.15, 0.2) is 0 Å². The van der Waals surface area contributed by atoms with Crippen molar-refractivity contribution in [2.45, 2.75) is 84.6 Å². The molecule has 4 nitrogen and oxygen atoms in total. The molecule has 1 aliphatic rings. The van der Waals surface area contributed by atoms with E-state index in [2.05, 4.69) is 45.3 Å². The summed E-state index contributed by atoms with van der Waals surface area (Å²) < 4.78 is 0. The molecule has 2 rings (SSSR count). The Kier molecular flexibility index (Phi) is 6.49. The van der Waals surface area contributed by atoms with Gasteiger partial charge in [-0.3, -0.25) is 0 Å². The lowest BCUT2D eigenvalue weighted by atomic mass is 9.72. The van der Waals surface area contributed by atoms with Crippen molar-refractivity contribution >= 4 is 23.3 Å². The van der Waals surface area contributed by atoms with E-state index >= 15 is 0 Å². The fraction of sp³-hybridized carbons (Fsp3) is 0.667. The zero-order chi connectivity index (χ0) is 19.5. The zero-order valence-corrected chi connectivity index (χ0v) is 17.5. The van der Waals surface area contributed by atoms with E-state index in [0.717, 1.165) is 24.8 Å². The van der Waals surface area contributed by atoms with Gasteiger partial charge in [0.25, 0.3) is 0 Å². The number of benzene rings is 1. The minimum absolute atomic E-state index is 0.0964. The summed E-state index contributed by atoms with van der Waals surface area (Å²) in [6, 6.07) is 3.48. The van der Waals surface area contributed by atoms with Crippen LogP contribution in [-0.4, -0.2) is 17.2 Å². The summed E-state index contributed by atoms with van der Waals surface area (Å²) in [4.78, 5) is 12.3. The SMILES string of the molecule is CC(C)(C)CC(C)(C)c1cc(NC(=O)NC2CCCCC2)cc(Cl)c1O. The van der Waals surface area contributed by atoms with Crippen molar-refractivity contribution in [3.8, 4) is 5.75 Å². The fourth-order valence-corrected chi connectivity index (χ4v) is 4.43. The number of phenolic OH excluding ortho intramolecular Hbond substituents is 1. The number of halogens is 1. The average Bonchev–Trinajstić information content (AvgIpc) is 2.49. The van der Waals surface area contributed by atoms with Gasteiger partial charge in [0.2, 0.25) is 0 Å². The maximum atomic E-state index is 12.3. The molecule has 0 bridgehead atoms. The van der Waals surface area contributed by atoms with E-state index in [1.807, 2.05) is 6.07 Å². The number of carbonyl (C=O) groups is 1. The Bertz CT molecular complexity index is 644. The second kappa shape index (κ2) is 8.08. The highest BCUT2D eigenvalue weighted by Crippen LogP contribution is 2.43. The van der Waals surface area contributed by atoms with Gasteiger partial charge in [-0.2, -0.15) is 0 Å². The number of hydrogen-bond donors (Lipinski definition) is 3. The highest BCUT2D eigenvalue weighted by Gasteiger charge is 2.31. The van der Waals surface area contributed by atoms with Crippen LogP contribution >= 0.6 is 11.6 Å². The average molecular weight is 381 g/mol. The first-order valence-electron chi connectivity index (χ1n) is 9.58. The highest BCUT2D eigenvalue weighted by atomic mass is 35.5. The third-order valence-corrected chi connectivity index (χ3v) is 5.25. The lowest BCUT2D eigenvalue weighted by Crippen LogP contribution is -2.39. The van der Waals surface area contributed by atoms with E-state index < -0.39 is 0 Å². The molecule has 1 aromatic rings. The minimum atomic E-state index is -0.274. The molecule has 146 valence electrons. The molecule has 5 heteroatoms. The second-order valence-electron chi connectivity index (χ2n) is 9.41. The number of phenols is 1. The van der Waals surface area contributed by atoms with E-state index in [9.17, 15) is 9.90 Å². The van der Waals surface area contributed by atoms with Gasteiger partial charge in [-0.1, -0.05) is 65.5 Å². The van der Waals surface area contributed by atoms with Crippen LogP contribution in [0.2, 0.25) is 5.02 Å². The molecule has 0 aliphatic heterocycles. The summed E-state index contributed by atoms with van der Waals surface area (Å²) in [5.41, 5.74) is 1.19. The van der Waals surface area contributed by atoms with E-state index in [4.69, 9.17) is 11.6 Å². The molecule has 0 atom stereocenters. The molecule has 0 spiro atoms. The molecule has 0 saturated heterocycles. The van der Waals surface area contributed by atoms with Crippen LogP contribution in [0.5, 0.6) is 5.75 Å². The predicted molar refractivity (Wildman–Crippen MR) is 109 cm³/mol. The van der Waals surface area contributed by atoms with E-state index in [1.54, 1.807) is 6.07 Å². The first-order chi connectivity index (χ1) is 12.0. The Balaban J connectivity index is 2.17. The normalized spacial score (nSPS) is 16.4. The molecule has 0 radical (unpaired) electrons. The highest BCUT2D eigenvalue weighted by molar-refractivity contribution is 6.32. The summed E-state index contributed by atoms with van der Waals surface area (Å²) >= 11 is 6.25. The van der Waals surface area contributed by atoms with Crippen molar-refractivity contribution in [1.29, 1.82) is 0 Å². The van der Waals surface area contributed by atoms with Crippen LogP contribution in [0.15, 0.2) is 12.1 Å². The van der Waals surface area contributed by atoms with E-state index in [0.29, 0.717) is 5.69 Å².